The van der Waals surface area contributed by atoms with Crippen LogP contribution >= 0.6 is 11.8 Å². The summed E-state index contributed by atoms with van der Waals surface area (Å²) in [7, 11) is 0. The highest BCUT2D eigenvalue weighted by Gasteiger charge is 2.18. The van der Waals surface area contributed by atoms with Gasteiger partial charge in [-0.1, -0.05) is 60.7 Å². The Balaban J connectivity index is 1.50. The first-order chi connectivity index (χ1) is 18.5. The summed E-state index contributed by atoms with van der Waals surface area (Å²) in [6.45, 7) is 4.01. The fourth-order valence-electron chi connectivity index (χ4n) is 3.79. The summed E-state index contributed by atoms with van der Waals surface area (Å²) in [4.78, 5) is 27.3. The van der Waals surface area contributed by atoms with Crippen LogP contribution in [-0.2, 0) is 22.5 Å². The maximum Gasteiger partial charge on any atom is 0.333 e. The summed E-state index contributed by atoms with van der Waals surface area (Å²) < 4.78 is 11.2. The topological polar surface area (TPSA) is 88.1 Å². The van der Waals surface area contributed by atoms with Gasteiger partial charge in [-0.15, -0.1) is 11.8 Å². The third kappa shape index (κ3) is 10.5. The molecule has 0 aliphatic rings. The van der Waals surface area contributed by atoms with Crippen molar-refractivity contribution in [2.75, 3.05) is 32.1 Å². The van der Waals surface area contributed by atoms with Crippen LogP contribution in [0.5, 0.6) is 5.75 Å². The van der Waals surface area contributed by atoms with Crippen LogP contribution in [0.15, 0.2) is 89.8 Å². The Bertz CT molecular complexity index is 1100. The van der Waals surface area contributed by atoms with Gasteiger partial charge in [0, 0.05) is 31.0 Å². The van der Waals surface area contributed by atoms with Crippen molar-refractivity contribution in [2.45, 2.75) is 37.3 Å². The van der Waals surface area contributed by atoms with Gasteiger partial charge in [0.2, 0.25) is 0 Å². The molecule has 0 aliphatic heterocycles. The molecule has 3 aromatic carbocycles. The number of carboxylic acids is 1. The molecular weight excluding hydrogens is 500 g/mol. The number of carbonyl (C=O) groups excluding carboxylic acids is 1. The van der Waals surface area contributed by atoms with Crippen molar-refractivity contribution in [2.24, 2.45) is 0 Å². The lowest BCUT2D eigenvalue weighted by molar-refractivity contribution is -0.149. The zero-order chi connectivity index (χ0) is 27.0. The largest absolute Gasteiger partial charge is 0.492 e. The first-order valence-corrected chi connectivity index (χ1v) is 13.8. The average Bonchev–Trinajstić information content (AvgIpc) is 2.94. The number of benzene rings is 3. The molecule has 38 heavy (non-hydrogen) atoms. The molecule has 8 heteroatoms. The summed E-state index contributed by atoms with van der Waals surface area (Å²) >= 11 is 1.78. The van der Waals surface area contributed by atoms with Crippen molar-refractivity contribution in [3.05, 3.63) is 96.1 Å². The Morgan fingerprint density at radius 1 is 0.921 bits per heavy atom. The molecule has 7 nitrogen and oxygen atoms in total. The predicted octanol–water partition coefficient (Wildman–Crippen LogP) is 5.49. The van der Waals surface area contributed by atoms with E-state index >= 15 is 0 Å². The number of rotatable bonds is 16. The summed E-state index contributed by atoms with van der Waals surface area (Å²) in [6.07, 6.45) is 0.284. The SMILES string of the molecule is CCOC(Cc1ccc(OCCN(CCCSc2ccccc2)C(=O)NCc2ccccc2)cc1)C(=O)O. The number of carbonyl (C=O) groups is 2. The number of amides is 2. The fraction of sp³-hybridized carbons (Fsp3) is 0.333. The Labute approximate surface area is 229 Å². The number of ether oxygens (including phenoxy) is 2. The maximum absolute atomic E-state index is 13.0. The van der Waals surface area contributed by atoms with Crippen LogP contribution in [-0.4, -0.2) is 60.2 Å². The molecule has 0 aromatic heterocycles. The number of nitrogens with one attached hydrogen (secondary N) is 1. The third-order valence-electron chi connectivity index (χ3n) is 5.78. The van der Waals surface area contributed by atoms with Gasteiger partial charge in [-0.25, -0.2) is 9.59 Å². The van der Waals surface area contributed by atoms with Crippen molar-refractivity contribution in [1.29, 1.82) is 0 Å². The third-order valence-corrected chi connectivity index (χ3v) is 6.87. The lowest BCUT2D eigenvalue weighted by atomic mass is 10.1. The summed E-state index contributed by atoms with van der Waals surface area (Å²) in [5.41, 5.74) is 1.90. The predicted molar refractivity (Wildman–Crippen MR) is 151 cm³/mol. The molecule has 0 fully saturated rings. The first kappa shape index (κ1) is 29.1. The second kappa shape index (κ2) is 16.4. The molecule has 0 saturated carbocycles. The second-order valence-electron chi connectivity index (χ2n) is 8.63. The number of nitrogens with zero attached hydrogens (tertiary/aromatic N) is 1. The molecular formula is C30H36N2O5S. The number of hydrogen-bond acceptors (Lipinski definition) is 5. The lowest BCUT2D eigenvalue weighted by Gasteiger charge is -2.23. The number of thioether (sulfide) groups is 1. The Kier molecular flexibility index (Phi) is 12.5. The highest BCUT2D eigenvalue weighted by Crippen LogP contribution is 2.18. The minimum atomic E-state index is -0.972. The van der Waals surface area contributed by atoms with Crippen molar-refractivity contribution in [3.63, 3.8) is 0 Å². The molecule has 0 radical (unpaired) electrons. The zero-order valence-corrected chi connectivity index (χ0v) is 22.6. The van der Waals surface area contributed by atoms with Gasteiger partial charge in [0.05, 0.1) is 6.54 Å². The standard InChI is InChI=1S/C30H36N2O5S/c1-2-36-28(29(33)34)22-24-14-16-26(17-15-24)37-20-19-32(18-9-21-38-27-12-7-4-8-13-27)30(35)31-23-25-10-5-3-6-11-25/h3-8,10-17,28H,2,9,18-23H2,1H3,(H,31,35)(H,33,34). The molecule has 0 bridgehead atoms. The average molecular weight is 537 g/mol. The highest BCUT2D eigenvalue weighted by atomic mass is 32.2. The van der Waals surface area contributed by atoms with Crippen LogP contribution in [0.2, 0.25) is 0 Å². The molecule has 1 unspecified atom stereocenters. The van der Waals surface area contributed by atoms with Gasteiger partial charge in [0.25, 0.3) is 0 Å². The molecule has 2 amide bonds. The van der Waals surface area contributed by atoms with Gasteiger partial charge in [0.1, 0.15) is 12.4 Å². The van der Waals surface area contributed by atoms with Gasteiger partial charge >= 0.3 is 12.0 Å². The molecule has 0 heterocycles. The Morgan fingerprint density at radius 3 is 2.26 bits per heavy atom. The minimum absolute atomic E-state index is 0.117. The molecule has 202 valence electrons. The summed E-state index contributed by atoms with van der Waals surface area (Å²) in [5.74, 6) is 0.606. The Hall–Kier alpha value is -3.49. The molecule has 3 aromatic rings. The van der Waals surface area contributed by atoms with E-state index in [4.69, 9.17) is 9.47 Å². The van der Waals surface area contributed by atoms with Crippen LogP contribution in [0.1, 0.15) is 24.5 Å². The first-order valence-electron chi connectivity index (χ1n) is 12.9. The van der Waals surface area contributed by atoms with E-state index in [9.17, 15) is 14.7 Å². The number of hydrogen-bond donors (Lipinski definition) is 2. The second-order valence-corrected chi connectivity index (χ2v) is 9.79. The van der Waals surface area contributed by atoms with Crippen LogP contribution in [0.4, 0.5) is 4.79 Å². The monoisotopic (exact) mass is 536 g/mol. The van der Waals surface area contributed by atoms with E-state index in [0.717, 1.165) is 23.3 Å². The van der Waals surface area contributed by atoms with Gasteiger partial charge in [-0.3, -0.25) is 0 Å². The summed E-state index contributed by atoms with van der Waals surface area (Å²) in [6, 6.07) is 27.3. The number of urea groups is 1. The maximum atomic E-state index is 13.0. The van der Waals surface area contributed by atoms with Crippen molar-refractivity contribution in [1.82, 2.24) is 10.2 Å². The van der Waals surface area contributed by atoms with E-state index in [0.29, 0.717) is 45.0 Å². The number of carboxylic acid groups (broad SMARTS) is 1. The normalized spacial score (nSPS) is 11.5. The summed E-state index contributed by atoms with van der Waals surface area (Å²) in [5, 5.41) is 12.3. The minimum Gasteiger partial charge on any atom is -0.492 e. The molecule has 1 atom stereocenters. The Morgan fingerprint density at radius 2 is 1.61 bits per heavy atom. The lowest BCUT2D eigenvalue weighted by Crippen LogP contribution is -2.42. The van der Waals surface area contributed by atoms with E-state index in [-0.39, 0.29) is 6.03 Å². The molecule has 0 saturated heterocycles. The smallest absolute Gasteiger partial charge is 0.333 e. The zero-order valence-electron chi connectivity index (χ0n) is 21.8. The van der Waals surface area contributed by atoms with Crippen LogP contribution in [0.25, 0.3) is 0 Å². The van der Waals surface area contributed by atoms with E-state index in [2.05, 4.69) is 17.4 Å². The molecule has 0 aliphatic carbocycles. The van der Waals surface area contributed by atoms with E-state index in [1.807, 2.05) is 72.8 Å². The van der Waals surface area contributed by atoms with Crippen molar-refractivity contribution in [3.8, 4) is 5.75 Å². The van der Waals surface area contributed by atoms with Gasteiger partial charge in [-0.05, 0) is 54.5 Å². The van der Waals surface area contributed by atoms with Crippen LogP contribution in [0, 0.1) is 0 Å². The molecule has 2 N–H and O–H groups in total. The van der Waals surface area contributed by atoms with Crippen LogP contribution < -0.4 is 10.1 Å². The van der Waals surface area contributed by atoms with Crippen LogP contribution in [0.3, 0.4) is 0 Å². The molecule has 0 spiro atoms. The van der Waals surface area contributed by atoms with E-state index in [1.165, 1.54) is 4.90 Å². The molecule has 3 rings (SSSR count). The quantitative estimate of drug-likeness (QED) is 0.186. The van der Waals surface area contributed by atoms with E-state index < -0.39 is 12.1 Å². The van der Waals surface area contributed by atoms with Gasteiger partial charge in [-0.2, -0.15) is 0 Å². The van der Waals surface area contributed by atoms with E-state index in [1.54, 1.807) is 23.6 Å². The van der Waals surface area contributed by atoms with Gasteiger partial charge < -0.3 is 24.8 Å². The van der Waals surface area contributed by atoms with Gasteiger partial charge in [0.15, 0.2) is 6.10 Å². The fourth-order valence-corrected chi connectivity index (χ4v) is 4.65. The highest BCUT2D eigenvalue weighted by molar-refractivity contribution is 7.99. The van der Waals surface area contributed by atoms with Crippen molar-refractivity contribution >= 4 is 23.8 Å². The number of aliphatic carboxylic acids is 1. The van der Waals surface area contributed by atoms with Crippen molar-refractivity contribution < 1.29 is 24.2 Å².